The molecule has 0 aliphatic heterocycles. The van der Waals surface area contributed by atoms with E-state index in [-0.39, 0.29) is 11.3 Å². The van der Waals surface area contributed by atoms with Gasteiger partial charge in [0.05, 0.1) is 15.4 Å². The number of allylic oxidation sites excluding steroid dienone is 1. The third kappa shape index (κ3) is 2.94. The highest BCUT2D eigenvalue weighted by Crippen LogP contribution is 2.20. The number of carbonyl (C=O) groups is 1. The van der Waals surface area contributed by atoms with E-state index in [4.69, 9.17) is 0 Å². The molecular weight excluding hydrogens is 228 g/mol. The molecule has 0 radical (unpaired) electrons. The normalized spacial score (nSPS) is 11.0. The summed E-state index contributed by atoms with van der Waals surface area (Å²) in [5.74, 6) is -0.756. The van der Waals surface area contributed by atoms with Gasteiger partial charge < -0.3 is 0 Å². The second kappa shape index (κ2) is 4.97. The van der Waals surface area contributed by atoms with Gasteiger partial charge in [0.1, 0.15) is 0 Å². The van der Waals surface area contributed by atoms with Crippen molar-refractivity contribution in [2.45, 2.75) is 6.92 Å². The largest absolute Gasteiger partial charge is 0.312 e. The Labute approximate surface area is 95.7 Å². The van der Waals surface area contributed by atoms with Crippen LogP contribution in [-0.2, 0) is 4.79 Å². The van der Waals surface area contributed by atoms with Crippen LogP contribution in [0.2, 0.25) is 0 Å². The van der Waals surface area contributed by atoms with Gasteiger partial charge in [0.15, 0.2) is 0 Å². The van der Waals surface area contributed by atoms with Crippen LogP contribution in [0.15, 0.2) is 30.0 Å². The van der Waals surface area contributed by atoms with Crippen LogP contribution in [0.4, 0.5) is 5.69 Å². The predicted octanol–water partition coefficient (Wildman–Crippen LogP) is 1.80. The summed E-state index contributed by atoms with van der Waals surface area (Å²) in [4.78, 5) is 30.7. The molecule has 1 rings (SSSR count). The van der Waals surface area contributed by atoms with E-state index < -0.39 is 21.3 Å². The predicted molar refractivity (Wildman–Crippen MR) is 58.7 cm³/mol. The number of nitro groups is 2. The number of nitrogens with zero attached hydrogens (tertiary/aromatic N) is 2. The molecule has 0 aliphatic rings. The summed E-state index contributed by atoms with van der Waals surface area (Å²) in [5, 5.41) is 21.2. The van der Waals surface area contributed by atoms with Crippen molar-refractivity contribution in [1.82, 2.24) is 0 Å². The fourth-order valence-electron chi connectivity index (χ4n) is 1.21. The zero-order chi connectivity index (χ0) is 13.0. The van der Waals surface area contributed by atoms with Crippen molar-refractivity contribution in [2.75, 3.05) is 0 Å². The van der Waals surface area contributed by atoms with Crippen LogP contribution in [0.3, 0.4) is 0 Å². The lowest BCUT2D eigenvalue weighted by Crippen LogP contribution is -2.07. The molecule has 0 amide bonds. The molecule has 0 N–H and O–H groups in total. The van der Waals surface area contributed by atoms with Crippen molar-refractivity contribution in [3.05, 3.63) is 55.8 Å². The Morgan fingerprint density at radius 1 is 1.24 bits per heavy atom. The molecule has 0 heterocycles. The highest BCUT2D eigenvalue weighted by atomic mass is 16.6. The van der Waals surface area contributed by atoms with Crippen LogP contribution in [0.5, 0.6) is 0 Å². The minimum absolute atomic E-state index is 0.0272. The lowest BCUT2D eigenvalue weighted by molar-refractivity contribution is -0.417. The van der Waals surface area contributed by atoms with Gasteiger partial charge >= 0.3 is 5.70 Å². The zero-order valence-corrected chi connectivity index (χ0v) is 8.82. The highest BCUT2D eigenvalue weighted by Gasteiger charge is 2.20. The number of para-hydroxylation sites is 1. The molecule has 88 valence electrons. The minimum Gasteiger partial charge on any atom is -0.288 e. The molecule has 0 aromatic heterocycles. The van der Waals surface area contributed by atoms with Gasteiger partial charge in [-0.15, -0.1) is 0 Å². The van der Waals surface area contributed by atoms with Crippen molar-refractivity contribution in [2.24, 2.45) is 0 Å². The second-order valence-corrected chi connectivity index (χ2v) is 3.16. The average Bonchev–Trinajstić information content (AvgIpc) is 2.25. The van der Waals surface area contributed by atoms with E-state index in [1.807, 2.05) is 0 Å². The van der Waals surface area contributed by atoms with E-state index in [9.17, 15) is 25.0 Å². The summed E-state index contributed by atoms with van der Waals surface area (Å²) >= 11 is 0. The lowest BCUT2D eigenvalue weighted by atomic mass is 10.1. The smallest absolute Gasteiger partial charge is 0.288 e. The first kappa shape index (κ1) is 12.5. The first-order valence-electron chi connectivity index (χ1n) is 4.54. The Kier molecular flexibility index (Phi) is 3.66. The average molecular weight is 236 g/mol. The fourth-order valence-corrected chi connectivity index (χ4v) is 1.21. The molecular formula is C10H8N2O5. The first-order valence-corrected chi connectivity index (χ1v) is 4.54. The van der Waals surface area contributed by atoms with Gasteiger partial charge in [-0.05, 0) is 6.07 Å². The third-order valence-corrected chi connectivity index (χ3v) is 1.98. The van der Waals surface area contributed by atoms with Gasteiger partial charge in [-0.2, -0.15) is 0 Å². The fraction of sp³-hybridized carbons (Fsp3) is 0.100. The maximum absolute atomic E-state index is 11.0. The molecule has 0 saturated carbocycles. The number of carbonyl (C=O) groups excluding carboxylic acids is 1. The standard InChI is InChI=1S/C10H8N2O5/c1-7(13)10(12(16)17)6-8-4-2-3-5-9(8)11(14)15/h2-6H,1H3/b10-6+. The maximum Gasteiger partial charge on any atom is 0.312 e. The molecule has 0 spiro atoms. The van der Waals surface area contributed by atoms with E-state index in [2.05, 4.69) is 0 Å². The summed E-state index contributed by atoms with van der Waals surface area (Å²) in [6.45, 7) is 1.03. The quantitative estimate of drug-likeness (QED) is 0.450. The van der Waals surface area contributed by atoms with Crippen molar-refractivity contribution >= 4 is 17.5 Å². The topological polar surface area (TPSA) is 103 Å². The van der Waals surface area contributed by atoms with Crippen molar-refractivity contribution < 1.29 is 14.6 Å². The second-order valence-electron chi connectivity index (χ2n) is 3.16. The summed E-state index contributed by atoms with van der Waals surface area (Å²) in [6, 6.07) is 5.49. The molecule has 17 heavy (non-hydrogen) atoms. The van der Waals surface area contributed by atoms with Crippen molar-refractivity contribution in [3.63, 3.8) is 0 Å². The molecule has 0 unspecified atom stereocenters. The van der Waals surface area contributed by atoms with Gasteiger partial charge in [-0.3, -0.25) is 25.0 Å². The third-order valence-electron chi connectivity index (χ3n) is 1.98. The minimum atomic E-state index is -0.862. The summed E-state index contributed by atoms with van der Waals surface area (Å²) in [7, 11) is 0. The Morgan fingerprint density at radius 3 is 2.29 bits per heavy atom. The van der Waals surface area contributed by atoms with Gasteiger partial charge in [0.25, 0.3) is 5.69 Å². The van der Waals surface area contributed by atoms with E-state index in [0.29, 0.717) is 0 Å². The summed E-state index contributed by atoms with van der Waals surface area (Å²) in [6.07, 6.45) is 0.903. The monoisotopic (exact) mass is 236 g/mol. The van der Waals surface area contributed by atoms with Crippen molar-refractivity contribution in [1.29, 1.82) is 0 Å². The number of hydrogen-bond acceptors (Lipinski definition) is 5. The molecule has 1 aromatic rings. The van der Waals surface area contributed by atoms with Crippen LogP contribution in [0.25, 0.3) is 6.08 Å². The number of nitro benzene ring substituents is 1. The Bertz CT molecular complexity index is 505. The van der Waals surface area contributed by atoms with Gasteiger partial charge in [-0.1, -0.05) is 12.1 Å². The lowest BCUT2D eigenvalue weighted by Gasteiger charge is -1.97. The molecule has 1 aromatic carbocycles. The van der Waals surface area contributed by atoms with Crippen LogP contribution < -0.4 is 0 Å². The Balaban J connectivity index is 3.34. The van der Waals surface area contributed by atoms with Gasteiger partial charge in [-0.25, -0.2) is 0 Å². The van der Waals surface area contributed by atoms with E-state index in [1.165, 1.54) is 24.3 Å². The molecule has 0 bridgehead atoms. The number of ketones is 1. The van der Waals surface area contributed by atoms with Crippen molar-refractivity contribution in [3.8, 4) is 0 Å². The molecule has 0 atom stereocenters. The summed E-state index contributed by atoms with van der Waals surface area (Å²) < 4.78 is 0. The van der Waals surface area contributed by atoms with E-state index in [0.717, 1.165) is 13.0 Å². The zero-order valence-electron chi connectivity index (χ0n) is 8.82. The molecule has 7 nitrogen and oxygen atoms in total. The maximum atomic E-state index is 11.0. The number of hydrogen-bond donors (Lipinski definition) is 0. The Morgan fingerprint density at radius 2 is 1.82 bits per heavy atom. The van der Waals surface area contributed by atoms with Gasteiger partial charge in [0, 0.05) is 19.1 Å². The van der Waals surface area contributed by atoms with Crippen LogP contribution in [0.1, 0.15) is 12.5 Å². The SMILES string of the molecule is CC(=O)/C(=C\c1ccccc1[N+](=O)[O-])[N+](=O)[O-]. The first-order chi connectivity index (χ1) is 7.93. The van der Waals surface area contributed by atoms with Crippen LogP contribution in [0, 0.1) is 20.2 Å². The van der Waals surface area contributed by atoms with Crippen LogP contribution >= 0.6 is 0 Å². The van der Waals surface area contributed by atoms with E-state index >= 15 is 0 Å². The number of Topliss-reactive ketones (excluding diaryl/α,β-unsaturated/α-hetero) is 1. The number of benzene rings is 1. The molecule has 0 fully saturated rings. The molecule has 0 aliphatic carbocycles. The summed E-state index contributed by atoms with van der Waals surface area (Å²) in [5.41, 5.74) is -0.938. The number of rotatable bonds is 4. The highest BCUT2D eigenvalue weighted by molar-refractivity contribution is 5.95. The van der Waals surface area contributed by atoms with Crippen LogP contribution in [-0.4, -0.2) is 15.6 Å². The molecule has 7 heteroatoms. The Hall–Kier alpha value is -2.57. The molecule has 0 saturated heterocycles. The van der Waals surface area contributed by atoms with Gasteiger partial charge in [0.2, 0.25) is 5.78 Å². The van der Waals surface area contributed by atoms with E-state index in [1.54, 1.807) is 0 Å².